The molecule has 0 N–H and O–H groups in total. The van der Waals surface area contributed by atoms with Crippen molar-refractivity contribution in [3.8, 4) is 0 Å². The summed E-state index contributed by atoms with van der Waals surface area (Å²) in [6, 6.07) is 21.4. The molecule has 0 spiro atoms. The van der Waals surface area contributed by atoms with Crippen molar-refractivity contribution in [1.82, 2.24) is 4.90 Å². The lowest BCUT2D eigenvalue weighted by molar-refractivity contribution is -0.164. The van der Waals surface area contributed by atoms with Gasteiger partial charge in [-0.2, -0.15) is 0 Å². The molecule has 1 aliphatic carbocycles. The summed E-state index contributed by atoms with van der Waals surface area (Å²) in [5.41, 5.74) is 2.58. The molecule has 2 aliphatic rings. The zero-order valence-electron chi connectivity index (χ0n) is 15.2. The molecule has 0 radical (unpaired) electrons. The maximum Gasteiger partial charge on any atom is 0.309 e. The lowest BCUT2D eigenvalue weighted by Gasteiger charge is -2.44. The Labute approximate surface area is 156 Å². The topological polar surface area (TPSA) is 29.5 Å². The van der Waals surface area contributed by atoms with Crippen LogP contribution in [0, 0.1) is 5.92 Å². The highest BCUT2D eigenvalue weighted by molar-refractivity contribution is 5.72. The third-order valence-corrected chi connectivity index (χ3v) is 5.69. The molecular formula is C23H27NO2. The largest absolute Gasteiger partial charge is 0.459 e. The standard InChI is InChI=1S/C23H27NO2/c25-23(20-14-8-3-9-15-20)26-21-16-24(17-21)22(18-10-4-1-5-11-18)19-12-6-2-7-13-19/h1-2,4-7,10-13,20-22H,3,8-9,14-17H2. The van der Waals surface area contributed by atoms with Crippen molar-refractivity contribution < 1.29 is 9.53 Å². The number of carbonyl (C=O) groups is 1. The van der Waals surface area contributed by atoms with Crippen LogP contribution < -0.4 is 0 Å². The lowest BCUT2D eigenvalue weighted by Crippen LogP contribution is -2.54. The van der Waals surface area contributed by atoms with Crippen LogP contribution in [-0.4, -0.2) is 30.1 Å². The second-order valence-corrected chi connectivity index (χ2v) is 7.57. The van der Waals surface area contributed by atoms with Gasteiger partial charge in [0.2, 0.25) is 0 Å². The molecule has 0 bridgehead atoms. The third-order valence-electron chi connectivity index (χ3n) is 5.69. The van der Waals surface area contributed by atoms with E-state index in [1.54, 1.807) is 0 Å². The molecule has 0 unspecified atom stereocenters. The van der Waals surface area contributed by atoms with Gasteiger partial charge in [-0.05, 0) is 24.0 Å². The highest BCUT2D eigenvalue weighted by atomic mass is 16.5. The number of hydrogen-bond acceptors (Lipinski definition) is 3. The van der Waals surface area contributed by atoms with E-state index in [0.717, 1.165) is 25.9 Å². The smallest absolute Gasteiger partial charge is 0.309 e. The van der Waals surface area contributed by atoms with Gasteiger partial charge >= 0.3 is 5.97 Å². The average Bonchev–Trinajstić information content (AvgIpc) is 2.68. The monoisotopic (exact) mass is 349 g/mol. The van der Waals surface area contributed by atoms with Crippen LogP contribution in [0.3, 0.4) is 0 Å². The first kappa shape index (κ1) is 17.3. The van der Waals surface area contributed by atoms with Gasteiger partial charge in [0.1, 0.15) is 6.10 Å². The molecule has 26 heavy (non-hydrogen) atoms. The molecule has 3 heteroatoms. The molecule has 2 aromatic rings. The summed E-state index contributed by atoms with van der Waals surface area (Å²) in [7, 11) is 0. The van der Waals surface area contributed by atoms with Crippen molar-refractivity contribution in [2.24, 2.45) is 5.92 Å². The van der Waals surface area contributed by atoms with Crippen molar-refractivity contribution >= 4 is 5.97 Å². The first-order chi connectivity index (χ1) is 12.8. The quantitative estimate of drug-likeness (QED) is 0.740. The molecule has 1 aliphatic heterocycles. The van der Waals surface area contributed by atoms with Gasteiger partial charge in [-0.15, -0.1) is 0 Å². The Morgan fingerprint density at radius 1 is 0.846 bits per heavy atom. The highest BCUT2D eigenvalue weighted by Gasteiger charge is 2.37. The minimum absolute atomic E-state index is 0.0327. The van der Waals surface area contributed by atoms with Crippen molar-refractivity contribution in [2.75, 3.05) is 13.1 Å². The molecule has 0 atom stereocenters. The van der Waals surface area contributed by atoms with E-state index in [9.17, 15) is 4.79 Å². The molecule has 2 aromatic carbocycles. The summed E-state index contributed by atoms with van der Waals surface area (Å²) in [6.45, 7) is 1.62. The molecule has 0 amide bonds. The number of likely N-dealkylation sites (tertiary alicyclic amines) is 1. The number of rotatable bonds is 5. The van der Waals surface area contributed by atoms with E-state index in [1.165, 1.54) is 30.4 Å². The van der Waals surface area contributed by atoms with Crippen LogP contribution in [0.4, 0.5) is 0 Å². The summed E-state index contributed by atoms with van der Waals surface area (Å²) in [6.07, 6.45) is 5.65. The van der Waals surface area contributed by atoms with Crippen molar-refractivity contribution in [2.45, 2.75) is 44.2 Å². The fourth-order valence-corrected chi connectivity index (χ4v) is 4.24. The van der Waals surface area contributed by atoms with Gasteiger partial charge in [-0.1, -0.05) is 79.9 Å². The summed E-state index contributed by atoms with van der Waals surface area (Å²) >= 11 is 0. The number of ether oxygens (including phenoxy) is 1. The third kappa shape index (κ3) is 3.83. The Balaban J connectivity index is 1.40. The maximum absolute atomic E-state index is 12.4. The predicted molar refractivity (Wildman–Crippen MR) is 103 cm³/mol. The Hall–Kier alpha value is -2.13. The zero-order chi connectivity index (χ0) is 17.8. The van der Waals surface area contributed by atoms with Crippen molar-refractivity contribution in [1.29, 1.82) is 0 Å². The fourth-order valence-electron chi connectivity index (χ4n) is 4.24. The minimum atomic E-state index is 0.0327. The van der Waals surface area contributed by atoms with Crippen molar-refractivity contribution in [3.05, 3.63) is 71.8 Å². The second-order valence-electron chi connectivity index (χ2n) is 7.57. The van der Waals surface area contributed by atoms with Crippen LogP contribution in [0.15, 0.2) is 60.7 Å². The Morgan fingerprint density at radius 3 is 1.92 bits per heavy atom. The van der Waals surface area contributed by atoms with Crippen LogP contribution in [0.1, 0.15) is 49.3 Å². The van der Waals surface area contributed by atoms with Crippen LogP contribution >= 0.6 is 0 Å². The first-order valence-electron chi connectivity index (χ1n) is 9.85. The van der Waals surface area contributed by atoms with Gasteiger partial charge in [0.05, 0.1) is 12.0 Å². The van der Waals surface area contributed by atoms with E-state index in [4.69, 9.17) is 4.74 Å². The Bertz CT molecular complexity index is 664. The first-order valence-corrected chi connectivity index (χ1v) is 9.85. The van der Waals surface area contributed by atoms with E-state index >= 15 is 0 Å². The van der Waals surface area contributed by atoms with Gasteiger partial charge in [0.25, 0.3) is 0 Å². The van der Waals surface area contributed by atoms with E-state index < -0.39 is 0 Å². The van der Waals surface area contributed by atoms with E-state index in [1.807, 2.05) is 0 Å². The van der Waals surface area contributed by atoms with Crippen LogP contribution in [0.5, 0.6) is 0 Å². The van der Waals surface area contributed by atoms with E-state index in [2.05, 4.69) is 65.6 Å². The molecule has 3 nitrogen and oxygen atoms in total. The minimum Gasteiger partial charge on any atom is -0.459 e. The number of hydrogen-bond donors (Lipinski definition) is 0. The Morgan fingerprint density at radius 2 is 1.38 bits per heavy atom. The summed E-state index contributed by atoms with van der Waals surface area (Å²) in [5, 5.41) is 0. The molecule has 1 saturated carbocycles. The fraction of sp³-hybridized carbons (Fsp3) is 0.435. The van der Waals surface area contributed by atoms with Gasteiger partial charge in [0.15, 0.2) is 0 Å². The molecule has 1 heterocycles. The van der Waals surface area contributed by atoms with Crippen LogP contribution in [-0.2, 0) is 9.53 Å². The molecule has 0 aromatic heterocycles. The second kappa shape index (κ2) is 8.05. The van der Waals surface area contributed by atoms with Crippen LogP contribution in [0.25, 0.3) is 0 Å². The lowest BCUT2D eigenvalue weighted by atomic mass is 9.89. The number of esters is 1. The predicted octanol–water partition coefficient (Wildman–Crippen LogP) is 4.58. The van der Waals surface area contributed by atoms with Gasteiger partial charge in [-0.3, -0.25) is 9.69 Å². The molecule has 4 rings (SSSR count). The number of nitrogens with zero attached hydrogens (tertiary/aromatic N) is 1. The average molecular weight is 349 g/mol. The normalized spacial score (nSPS) is 19.3. The maximum atomic E-state index is 12.4. The summed E-state index contributed by atoms with van der Waals surface area (Å²) < 4.78 is 5.80. The molecular weight excluding hydrogens is 322 g/mol. The molecule has 136 valence electrons. The van der Waals surface area contributed by atoms with Crippen LogP contribution in [0.2, 0.25) is 0 Å². The Kier molecular flexibility index (Phi) is 5.35. The summed E-state index contributed by atoms with van der Waals surface area (Å²) in [4.78, 5) is 14.8. The number of carbonyl (C=O) groups excluding carboxylic acids is 1. The summed E-state index contributed by atoms with van der Waals surface area (Å²) in [5.74, 6) is 0.169. The SMILES string of the molecule is O=C(OC1CN(C(c2ccccc2)c2ccccc2)C1)C1CCCCC1. The molecule has 1 saturated heterocycles. The zero-order valence-corrected chi connectivity index (χ0v) is 15.2. The van der Waals surface area contributed by atoms with Gasteiger partial charge in [0, 0.05) is 13.1 Å². The van der Waals surface area contributed by atoms with Crippen molar-refractivity contribution in [3.63, 3.8) is 0 Å². The van der Waals surface area contributed by atoms with E-state index in [0.29, 0.717) is 0 Å². The van der Waals surface area contributed by atoms with E-state index in [-0.39, 0.29) is 24.0 Å². The van der Waals surface area contributed by atoms with Gasteiger partial charge < -0.3 is 4.74 Å². The number of benzene rings is 2. The molecule has 2 fully saturated rings. The van der Waals surface area contributed by atoms with Gasteiger partial charge in [-0.25, -0.2) is 0 Å². The highest BCUT2D eigenvalue weighted by Crippen LogP contribution is 2.33.